The van der Waals surface area contributed by atoms with E-state index in [9.17, 15) is 13.2 Å². The number of ether oxygens (including phenoxy) is 2. The normalized spacial score (nSPS) is 11.0. The van der Waals surface area contributed by atoms with Crippen molar-refractivity contribution < 1.29 is 22.7 Å². The molecule has 0 aromatic heterocycles. The number of halogens is 1. The molecule has 0 heterocycles. The summed E-state index contributed by atoms with van der Waals surface area (Å²) in [4.78, 5) is 12.4. The molecule has 1 amide bonds. The average Bonchev–Trinajstić information content (AvgIpc) is 2.69. The van der Waals surface area contributed by atoms with Gasteiger partial charge in [-0.2, -0.15) is 0 Å². The molecule has 0 saturated carbocycles. The average molecular weight is 441 g/mol. The molecule has 0 radical (unpaired) electrons. The summed E-state index contributed by atoms with van der Waals surface area (Å²) in [5.74, 6) is 0.376. The molecule has 0 unspecified atom stereocenters. The molecular formula is C20H25ClN2O5S. The van der Waals surface area contributed by atoms with Crippen LogP contribution in [0.5, 0.6) is 11.5 Å². The summed E-state index contributed by atoms with van der Waals surface area (Å²) >= 11 is 5.86. The zero-order valence-corrected chi connectivity index (χ0v) is 18.2. The van der Waals surface area contributed by atoms with E-state index < -0.39 is 15.9 Å². The van der Waals surface area contributed by atoms with Crippen LogP contribution >= 0.6 is 11.6 Å². The summed E-state index contributed by atoms with van der Waals surface area (Å²) in [5, 5.41) is 3.44. The lowest BCUT2D eigenvalue weighted by atomic mass is 10.1. The third-order valence-electron chi connectivity index (χ3n) is 4.22. The van der Waals surface area contributed by atoms with E-state index in [0.29, 0.717) is 29.5 Å². The van der Waals surface area contributed by atoms with Gasteiger partial charge in [0.05, 0.1) is 26.2 Å². The van der Waals surface area contributed by atoms with Gasteiger partial charge in [-0.05, 0) is 42.7 Å². The van der Waals surface area contributed by atoms with Crippen molar-refractivity contribution >= 4 is 33.2 Å². The lowest BCUT2D eigenvalue weighted by Gasteiger charge is -2.24. The number of methoxy groups -OCH3 is 2. The van der Waals surface area contributed by atoms with Crippen LogP contribution in [0.3, 0.4) is 0 Å². The number of nitrogens with zero attached hydrogens (tertiary/aromatic N) is 1. The number of carbonyl (C=O) groups excluding carboxylic acids is 1. The van der Waals surface area contributed by atoms with Crippen molar-refractivity contribution in [2.45, 2.75) is 12.8 Å². The quantitative estimate of drug-likeness (QED) is 0.574. The van der Waals surface area contributed by atoms with Gasteiger partial charge in [-0.25, -0.2) is 8.42 Å². The van der Waals surface area contributed by atoms with Crippen molar-refractivity contribution in [1.82, 2.24) is 5.32 Å². The third kappa shape index (κ3) is 6.83. The van der Waals surface area contributed by atoms with Gasteiger partial charge in [0.15, 0.2) is 0 Å². The van der Waals surface area contributed by atoms with Gasteiger partial charge in [0.25, 0.3) is 0 Å². The molecule has 1 N–H and O–H groups in total. The summed E-state index contributed by atoms with van der Waals surface area (Å²) in [6.45, 7) is 0.0671. The van der Waals surface area contributed by atoms with Crippen LogP contribution in [0.15, 0.2) is 42.5 Å². The number of nitrogens with one attached hydrogen (secondary N) is 1. The fraction of sp³-hybridized carbons (Fsp3) is 0.350. The molecule has 0 aliphatic heterocycles. The molecule has 0 saturated heterocycles. The highest BCUT2D eigenvalue weighted by Crippen LogP contribution is 2.33. The summed E-state index contributed by atoms with van der Waals surface area (Å²) in [7, 11) is -0.815. The van der Waals surface area contributed by atoms with Crippen LogP contribution in [0.1, 0.15) is 12.0 Å². The minimum absolute atomic E-state index is 0.241. The Morgan fingerprint density at radius 2 is 1.79 bits per heavy atom. The molecule has 0 spiro atoms. The van der Waals surface area contributed by atoms with Crippen LogP contribution in [-0.4, -0.2) is 47.9 Å². The van der Waals surface area contributed by atoms with E-state index in [4.69, 9.17) is 21.1 Å². The number of hydrogen-bond acceptors (Lipinski definition) is 5. The summed E-state index contributed by atoms with van der Waals surface area (Å²) in [6, 6.07) is 12.3. The molecular weight excluding hydrogens is 416 g/mol. The standard InChI is InChI=1S/C20H25ClN2O5S/c1-27-17-10-11-19(28-2)18(13-17)23(29(3,25)26)14-20(24)22-12-4-5-15-6-8-16(21)9-7-15/h6-11,13H,4-5,12,14H2,1-3H3,(H,22,24). The third-order valence-corrected chi connectivity index (χ3v) is 5.60. The van der Waals surface area contributed by atoms with Crippen molar-refractivity contribution in [3.05, 3.63) is 53.1 Å². The van der Waals surface area contributed by atoms with Crippen LogP contribution in [0.25, 0.3) is 0 Å². The summed E-state index contributed by atoms with van der Waals surface area (Å²) in [5.41, 5.74) is 1.35. The fourth-order valence-electron chi connectivity index (χ4n) is 2.73. The van der Waals surface area contributed by atoms with Gasteiger partial charge in [-0.15, -0.1) is 0 Å². The van der Waals surface area contributed by atoms with E-state index in [0.717, 1.165) is 22.5 Å². The predicted octanol–water partition coefficient (Wildman–Crippen LogP) is 2.87. The van der Waals surface area contributed by atoms with E-state index in [1.165, 1.54) is 20.3 Å². The Morgan fingerprint density at radius 3 is 2.38 bits per heavy atom. The van der Waals surface area contributed by atoms with Crippen molar-refractivity contribution in [2.24, 2.45) is 0 Å². The maximum atomic E-state index is 12.4. The number of hydrogen-bond donors (Lipinski definition) is 1. The SMILES string of the molecule is COc1ccc(OC)c(N(CC(=O)NCCCc2ccc(Cl)cc2)S(C)(=O)=O)c1. The number of anilines is 1. The fourth-order valence-corrected chi connectivity index (χ4v) is 3.71. The Labute approximate surface area is 176 Å². The zero-order chi connectivity index (χ0) is 21.4. The zero-order valence-electron chi connectivity index (χ0n) is 16.6. The maximum Gasteiger partial charge on any atom is 0.240 e. The summed E-state index contributed by atoms with van der Waals surface area (Å²) < 4.78 is 36.1. The largest absolute Gasteiger partial charge is 0.497 e. The molecule has 2 rings (SSSR count). The van der Waals surface area contributed by atoms with E-state index >= 15 is 0 Å². The van der Waals surface area contributed by atoms with Crippen LogP contribution in [0.4, 0.5) is 5.69 Å². The second kappa shape index (κ2) is 10.4. The van der Waals surface area contributed by atoms with Crippen LogP contribution in [-0.2, 0) is 21.2 Å². The lowest BCUT2D eigenvalue weighted by molar-refractivity contribution is -0.119. The smallest absolute Gasteiger partial charge is 0.240 e. The van der Waals surface area contributed by atoms with E-state index in [2.05, 4.69) is 5.32 Å². The Kier molecular flexibility index (Phi) is 8.16. The predicted molar refractivity (Wildman–Crippen MR) is 115 cm³/mol. The molecule has 2 aromatic carbocycles. The van der Waals surface area contributed by atoms with Gasteiger partial charge < -0.3 is 14.8 Å². The monoisotopic (exact) mass is 440 g/mol. The molecule has 0 atom stereocenters. The number of rotatable bonds is 10. The molecule has 0 bridgehead atoms. The Hall–Kier alpha value is -2.45. The van der Waals surface area contributed by atoms with Gasteiger partial charge in [0, 0.05) is 17.6 Å². The number of aryl methyl sites for hydroxylation is 1. The minimum atomic E-state index is -3.72. The van der Waals surface area contributed by atoms with Gasteiger partial charge in [-0.1, -0.05) is 23.7 Å². The van der Waals surface area contributed by atoms with E-state index in [1.54, 1.807) is 12.1 Å². The highest BCUT2D eigenvalue weighted by atomic mass is 35.5. The van der Waals surface area contributed by atoms with Gasteiger partial charge in [-0.3, -0.25) is 9.10 Å². The van der Waals surface area contributed by atoms with Crippen molar-refractivity contribution in [2.75, 3.05) is 37.9 Å². The second-order valence-corrected chi connectivity index (χ2v) is 8.73. The maximum absolute atomic E-state index is 12.4. The number of benzene rings is 2. The van der Waals surface area contributed by atoms with Crippen molar-refractivity contribution in [3.63, 3.8) is 0 Å². The molecule has 0 fully saturated rings. The number of carbonyl (C=O) groups is 1. The van der Waals surface area contributed by atoms with Crippen LogP contribution < -0.4 is 19.1 Å². The second-order valence-electron chi connectivity index (χ2n) is 6.39. The number of amides is 1. The summed E-state index contributed by atoms with van der Waals surface area (Å²) in [6.07, 6.45) is 2.53. The van der Waals surface area contributed by atoms with Gasteiger partial charge in [0.1, 0.15) is 18.0 Å². The Bertz CT molecular complexity index is 932. The van der Waals surface area contributed by atoms with Gasteiger partial charge in [0.2, 0.25) is 15.9 Å². The highest BCUT2D eigenvalue weighted by molar-refractivity contribution is 7.92. The minimum Gasteiger partial charge on any atom is -0.497 e. The van der Waals surface area contributed by atoms with Gasteiger partial charge >= 0.3 is 0 Å². The first-order valence-electron chi connectivity index (χ1n) is 8.95. The molecule has 2 aromatic rings. The topological polar surface area (TPSA) is 84.9 Å². The number of sulfonamides is 1. The first-order chi connectivity index (χ1) is 13.7. The first kappa shape index (κ1) is 22.8. The highest BCUT2D eigenvalue weighted by Gasteiger charge is 2.24. The first-order valence-corrected chi connectivity index (χ1v) is 11.2. The Balaban J connectivity index is 2.01. The van der Waals surface area contributed by atoms with Crippen LogP contribution in [0.2, 0.25) is 5.02 Å². The molecule has 158 valence electrons. The van der Waals surface area contributed by atoms with E-state index in [-0.39, 0.29) is 12.2 Å². The Morgan fingerprint density at radius 1 is 1.10 bits per heavy atom. The molecule has 7 nitrogen and oxygen atoms in total. The molecule has 29 heavy (non-hydrogen) atoms. The van der Waals surface area contributed by atoms with Crippen LogP contribution in [0, 0.1) is 0 Å². The van der Waals surface area contributed by atoms with Crippen molar-refractivity contribution in [3.8, 4) is 11.5 Å². The molecule has 0 aliphatic carbocycles. The molecule has 9 heteroatoms. The molecule has 0 aliphatic rings. The van der Waals surface area contributed by atoms with Crippen molar-refractivity contribution in [1.29, 1.82) is 0 Å². The van der Waals surface area contributed by atoms with E-state index in [1.807, 2.05) is 24.3 Å². The lowest BCUT2D eigenvalue weighted by Crippen LogP contribution is -2.40.